The summed E-state index contributed by atoms with van der Waals surface area (Å²) in [7, 11) is 1.72. The Morgan fingerprint density at radius 2 is 2.00 bits per heavy atom. The van der Waals surface area contributed by atoms with E-state index in [0.29, 0.717) is 16.4 Å². The lowest BCUT2D eigenvalue weighted by atomic mass is 10.5. The average Bonchev–Trinajstić information content (AvgIpc) is 2.47. The molecule has 7 heteroatoms. The van der Waals surface area contributed by atoms with Crippen LogP contribution in [0.2, 0.25) is 0 Å². The Labute approximate surface area is 85.0 Å². The predicted molar refractivity (Wildman–Crippen MR) is 53.2 cm³/mol. The van der Waals surface area contributed by atoms with Crippen LogP contribution in [-0.4, -0.2) is 24.4 Å². The van der Waals surface area contributed by atoms with Gasteiger partial charge in [0, 0.05) is 19.4 Å². The van der Waals surface area contributed by atoms with Crippen LogP contribution in [0, 0.1) is 4.77 Å². The summed E-state index contributed by atoms with van der Waals surface area (Å²) in [6.45, 7) is 0. The molecule has 0 amide bonds. The number of nitrogen functional groups attached to an aromatic ring is 1. The van der Waals surface area contributed by atoms with Crippen molar-refractivity contribution in [1.82, 2.24) is 24.4 Å². The Balaban J connectivity index is 2.64. The minimum Gasteiger partial charge on any atom is -0.335 e. The molecular formula is C7H8N6S. The normalized spacial score (nSPS) is 10.4. The summed E-state index contributed by atoms with van der Waals surface area (Å²) in [5.74, 6) is 6.60. The molecule has 2 N–H and O–H groups in total. The molecule has 0 aliphatic heterocycles. The van der Waals surface area contributed by atoms with Gasteiger partial charge in [-0.25, -0.2) is 19.3 Å². The molecule has 6 nitrogen and oxygen atoms in total. The van der Waals surface area contributed by atoms with Crippen molar-refractivity contribution in [3.8, 4) is 11.6 Å². The van der Waals surface area contributed by atoms with E-state index in [9.17, 15) is 0 Å². The first kappa shape index (κ1) is 8.82. The number of rotatable bonds is 1. The van der Waals surface area contributed by atoms with Gasteiger partial charge in [0.05, 0.1) is 0 Å². The molecule has 0 aromatic carbocycles. The zero-order valence-electron chi connectivity index (χ0n) is 7.45. The van der Waals surface area contributed by atoms with Crippen molar-refractivity contribution in [3.05, 3.63) is 23.2 Å². The van der Waals surface area contributed by atoms with Crippen molar-refractivity contribution >= 4 is 12.2 Å². The monoisotopic (exact) mass is 208 g/mol. The second kappa shape index (κ2) is 3.18. The molecule has 0 aliphatic rings. The smallest absolute Gasteiger partial charge is 0.219 e. The van der Waals surface area contributed by atoms with Crippen LogP contribution < -0.4 is 5.84 Å². The molecule has 2 heterocycles. The third kappa shape index (κ3) is 1.27. The second-order valence-corrected chi connectivity index (χ2v) is 3.04. The van der Waals surface area contributed by atoms with Gasteiger partial charge >= 0.3 is 0 Å². The van der Waals surface area contributed by atoms with Crippen LogP contribution >= 0.6 is 12.2 Å². The van der Waals surface area contributed by atoms with Crippen molar-refractivity contribution in [1.29, 1.82) is 0 Å². The summed E-state index contributed by atoms with van der Waals surface area (Å²) in [4.78, 5) is 8.06. The zero-order valence-corrected chi connectivity index (χ0v) is 8.27. The number of nitrogens with zero attached hydrogens (tertiary/aromatic N) is 5. The van der Waals surface area contributed by atoms with Crippen molar-refractivity contribution < 1.29 is 0 Å². The summed E-state index contributed by atoms with van der Waals surface area (Å²) in [5, 5.41) is 4.11. The van der Waals surface area contributed by atoms with Gasteiger partial charge in [-0.15, -0.1) is 5.10 Å². The first-order valence-corrected chi connectivity index (χ1v) is 4.29. The third-order valence-corrected chi connectivity index (χ3v) is 2.18. The number of aryl methyl sites for hydroxylation is 1. The molecule has 0 atom stereocenters. The molecule has 0 radical (unpaired) electrons. The highest BCUT2D eigenvalue weighted by Gasteiger charge is 2.10. The van der Waals surface area contributed by atoms with Crippen LogP contribution in [0.1, 0.15) is 0 Å². The van der Waals surface area contributed by atoms with Crippen LogP contribution in [0.25, 0.3) is 11.6 Å². The van der Waals surface area contributed by atoms with Gasteiger partial charge in [-0.1, -0.05) is 0 Å². The van der Waals surface area contributed by atoms with Crippen LogP contribution in [0.3, 0.4) is 0 Å². The lowest BCUT2D eigenvalue weighted by Crippen LogP contribution is -2.11. The van der Waals surface area contributed by atoms with Gasteiger partial charge in [0.1, 0.15) is 0 Å². The maximum atomic E-state index is 5.68. The molecule has 0 aliphatic carbocycles. The highest BCUT2D eigenvalue weighted by molar-refractivity contribution is 7.71. The topological polar surface area (TPSA) is 74.5 Å². The highest BCUT2D eigenvalue weighted by Crippen LogP contribution is 2.08. The average molecular weight is 208 g/mol. The Hall–Kier alpha value is -1.76. The predicted octanol–water partition coefficient (Wildman–Crippen LogP) is 0.122. The minimum absolute atomic E-state index is 0.424. The molecular weight excluding hydrogens is 200 g/mol. The van der Waals surface area contributed by atoms with Crippen LogP contribution in [0.4, 0.5) is 0 Å². The summed E-state index contributed by atoms with van der Waals surface area (Å²) in [6, 6.07) is 1.72. The van der Waals surface area contributed by atoms with E-state index in [0.717, 1.165) is 0 Å². The fraction of sp³-hybridized carbons (Fsp3) is 0.143. The van der Waals surface area contributed by atoms with Crippen molar-refractivity contribution in [3.63, 3.8) is 0 Å². The summed E-state index contributed by atoms with van der Waals surface area (Å²) in [6.07, 6.45) is 3.25. The molecule has 72 valence electrons. The van der Waals surface area contributed by atoms with Gasteiger partial charge in [-0.3, -0.25) is 0 Å². The summed E-state index contributed by atoms with van der Waals surface area (Å²) in [5.41, 5.74) is 0. The Kier molecular flexibility index (Phi) is 2.01. The lowest BCUT2D eigenvalue weighted by molar-refractivity contribution is 0.747. The van der Waals surface area contributed by atoms with Crippen molar-refractivity contribution in [2.45, 2.75) is 0 Å². The van der Waals surface area contributed by atoms with E-state index >= 15 is 0 Å². The quantitative estimate of drug-likeness (QED) is 0.532. The highest BCUT2D eigenvalue weighted by atomic mass is 32.1. The molecule has 0 unspecified atom stereocenters. The Morgan fingerprint density at radius 3 is 2.50 bits per heavy atom. The maximum Gasteiger partial charge on any atom is 0.219 e. The standard InChI is InChI=1S/C7H8N6S/c1-12-7(14)13(8)6(11-12)5-9-3-2-4-10-5/h2-4H,8H2,1H3. The SMILES string of the molecule is Cn1nc(-c2ncccn2)n(N)c1=S. The molecule has 0 saturated heterocycles. The fourth-order valence-corrected chi connectivity index (χ4v) is 1.17. The Bertz CT molecular complexity index is 499. The molecule has 0 bridgehead atoms. The molecule has 0 fully saturated rings. The fourth-order valence-electron chi connectivity index (χ4n) is 1.05. The molecule has 2 aromatic rings. The summed E-state index contributed by atoms with van der Waals surface area (Å²) < 4.78 is 3.21. The molecule has 2 aromatic heterocycles. The van der Waals surface area contributed by atoms with Crippen molar-refractivity contribution in [2.24, 2.45) is 7.05 Å². The lowest BCUT2D eigenvalue weighted by Gasteiger charge is -1.96. The minimum atomic E-state index is 0.424. The number of nitrogens with two attached hydrogens (primary N) is 1. The molecule has 0 saturated carbocycles. The zero-order chi connectivity index (χ0) is 10.1. The van der Waals surface area contributed by atoms with E-state index in [-0.39, 0.29) is 0 Å². The summed E-state index contributed by atoms with van der Waals surface area (Å²) >= 11 is 5.00. The van der Waals surface area contributed by atoms with Crippen LogP contribution in [-0.2, 0) is 7.05 Å². The third-order valence-electron chi connectivity index (χ3n) is 1.72. The van der Waals surface area contributed by atoms with E-state index < -0.39 is 0 Å². The number of hydrogen-bond acceptors (Lipinski definition) is 5. The first-order valence-electron chi connectivity index (χ1n) is 3.88. The van der Waals surface area contributed by atoms with Gasteiger partial charge in [0.25, 0.3) is 0 Å². The van der Waals surface area contributed by atoms with Gasteiger partial charge < -0.3 is 5.84 Å². The van der Waals surface area contributed by atoms with Gasteiger partial charge in [-0.2, -0.15) is 0 Å². The van der Waals surface area contributed by atoms with Crippen LogP contribution in [0.5, 0.6) is 0 Å². The van der Waals surface area contributed by atoms with E-state index in [1.807, 2.05) is 0 Å². The first-order chi connectivity index (χ1) is 6.70. The van der Waals surface area contributed by atoms with Gasteiger partial charge in [-0.05, 0) is 18.3 Å². The molecule has 14 heavy (non-hydrogen) atoms. The van der Waals surface area contributed by atoms with E-state index in [1.54, 1.807) is 25.5 Å². The second-order valence-electron chi connectivity index (χ2n) is 2.67. The maximum absolute atomic E-state index is 5.68. The molecule has 2 rings (SSSR count). The van der Waals surface area contributed by atoms with E-state index in [4.69, 9.17) is 18.1 Å². The van der Waals surface area contributed by atoms with E-state index in [2.05, 4.69) is 15.1 Å². The van der Waals surface area contributed by atoms with Gasteiger partial charge in [0.15, 0.2) is 5.82 Å². The number of hydrogen-bond donors (Lipinski definition) is 1. The van der Waals surface area contributed by atoms with E-state index in [1.165, 1.54) is 9.36 Å². The van der Waals surface area contributed by atoms with Gasteiger partial charge in [0.2, 0.25) is 10.6 Å². The van der Waals surface area contributed by atoms with Crippen molar-refractivity contribution in [2.75, 3.05) is 5.84 Å². The largest absolute Gasteiger partial charge is 0.335 e. The Morgan fingerprint density at radius 1 is 1.36 bits per heavy atom. The number of aromatic nitrogens is 5. The molecule has 0 spiro atoms. The van der Waals surface area contributed by atoms with Crippen LogP contribution in [0.15, 0.2) is 18.5 Å².